The van der Waals surface area contributed by atoms with Crippen LogP contribution in [-0.2, 0) is 33.4 Å². The maximum Gasteiger partial charge on any atom is 0.409 e. The van der Waals surface area contributed by atoms with Gasteiger partial charge in [0.05, 0.1) is 25.3 Å². The zero-order chi connectivity index (χ0) is 39.6. The highest BCUT2D eigenvalue weighted by Crippen LogP contribution is 2.28. The fraction of sp³-hybridized carbons (Fsp3) is 0.625. The second-order valence-corrected chi connectivity index (χ2v) is 15.0. The van der Waals surface area contributed by atoms with Crippen molar-refractivity contribution in [2.24, 2.45) is 5.92 Å². The Hall–Kier alpha value is -4.99. The van der Waals surface area contributed by atoms with Crippen molar-refractivity contribution in [1.82, 2.24) is 30.3 Å². The van der Waals surface area contributed by atoms with Gasteiger partial charge in [0.2, 0.25) is 11.8 Å². The van der Waals surface area contributed by atoms with E-state index in [-0.39, 0.29) is 94.1 Å². The van der Waals surface area contributed by atoms with Crippen LogP contribution in [0.3, 0.4) is 0 Å². The number of ether oxygens (including phenoxy) is 4. The molecule has 1 aliphatic carbocycles. The predicted molar refractivity (Wildman–Crippen MR) is 203 cm³/mol. The van der Waals surface area contributed by atoms with E-state index in [0.717, 1.165) is 37.7 Å². The molecular formula is C40H54N6O10. The molecule has 1 unspecified atom stereocenters. The average molecular weight is 779 g/mol. The summed E-state index contributed by atoms with van der Waals surface area (Å²) in [6, 6.07) is 5.41. The van der Waals surface area contributed by atoms with Crippen LogP contribution in [-0.4, -0.2) is 139 Å². The first-order valence-electron chi connectivity index (χ1n) is 20.0. The van der Waals surface area contributed by atoms with Crippen molar-refractivity contribution in [1.29, 1.82) is 0 Å². The summed E-state index contributed by atoms with van der Waals surface area (Å²) >= 11 is 0. The average Bonchev–Trinajstić information content (AvgIpc) is 3.69. The molecule has 3 atom stereocenters. The number of pyridine rings is 1. The Morgan fingerprint density at radius 1 is 0.929 bits per heavy atom. The number of esters is 1. The smallest absolute Gasteiger partial charge is 0.409 e. The number of hydrogen-bond acceptors (Lipinski definition) is 11. The summed E-state index contributed by atoms with van der Waals surface area (Å²) in [4.78, 5) is 88.7. The largest absolute Gasteiger partial charge is 0.483 e. The summed E-state index contributed by atoms with van der Waals surface area (Å²) in [6.07, 6.45) is 5.48. The van der Waals surface area contributed by atoms with Crippen molar-refractivity contribution in [2.75, 3.05) is 65.8 Å². The first-order chi connectivity index (χ1) is 27.1. The number of carbonyl (C=O) groups is 6. The number of nitrogens with zero attached hydrogens (tertiary/aromatic N) is 4. The van der Waals surface area contributed by atoms with Gasteiger partial charge in [-0.05, 0) is 82.9 Å². The third-order valence-electron chi connectivity index (χ3n) is 10.9. The SMILES string of the molecule is CCOC(=O)N1CCN(C(=O)[C@H](CCC(=O)OCC2CCCOC2)NC(=O)c2cc(OCC(=O)N3CCC[C@H]3C(=O)NC3CCC3)c3ccc(C)cc3n2)CC1. The number of benzene rings is 1. The van der Waals surface area contributed by atoms with Crippen LogP contribution in [0, 0.1) is 12.8 Å². The number of nitrogens with one attached hydrogen (secondary N) is 2. The van der Waals surface area contributed by atoms with Crippen LogP contribution in [0.15, 0.2) is 24.3 Å². The van der Waals surface area contributed by atoms with Crippen molar-refractivity contribution in [3.05, 3.63) is 35.5 Å². The molecule has 304 valence electrons. The molecule has 0 spiro atoms. The standard InChI is InChI=1S/C40H54N6O10/c1-3-54-40(52)45-18-16-44(17-19-45)39(51)30(13-14-36(48)56-24-27-7-6-20-53-23-27)43-37(49)32-22-34(29-12-11-26(2)21-31(29)42-32)55-25-35(47)46-15-5-10-33(46)38(50)41-28-8-4-9-28/h11-12,21-22,27-28,30,33H,3-10,13-20,23-25H2,1-2H3,(H,41,50)(H,43,49)/t27?,30-,33-/m0/s1. The Labute approximate surface area is 326 Å². The number of fused-ring (bicyclic) bond motifs is 1. The van der Waals surface area contributed by atoms with Crippen LogP contribution in [0.1, 0.15) is 80.8 Å². The van der Waals surface area contributed by atoms with E-state index >= 15 is 0 Å². The lowest BCUT2D eigenvalue weighted by Crippen LogP contribution is -2.56. The van der Waals surface area contributed by atoms with Gasteiger partial charge in [0, 0.05) is 69.2 Å². The molecule has 4 aliphatic rings. The number of aromatic nitrogens is 1. The molecule has 16 nitrogen and oxygen atoms in total. The van der Waals surface area contributed by atoms with Gasteiger partial charge in [0.1, 0.15) is 23.5 Å². The minimum atomic E-state index is -1.11. The van der Waals surface area contributed by atoms with Crippen molar-refractivity contribution >= 4 is 46.6 Å². The van der Waals surface area contributed by atoms with Crippen LogP contribution < -0.4 is 15.4 Å². The van der Waals surface area contributed by atoms with Crippen molar-refractivity contribution < 1.29 is 47.7 Å². The fourth-order valence-corrected chi connectivity index (χ4v) is 7.47. The molecule has 2 aromatic rings. The molecule has 6 rings (SSSR count). The highest BCUT2D eigenvalue weighted by Gasteiger charge is 2.36. The summed E-state index contributed by atoms with van der Waals surface area (Å²) in [5, 5.41) is 6.44. The van der Waals surface area contributed by atoms with Gasteiger partial charge in [0.25, 0.3) is 11.8 Å². The maximum atomic E-state index is 14.0. The van der Waals surface area contributed by atoms with Gasteiger partial charge >= 0.3 is 12.1 Å². The molecule has 1 saturated carbocycles. The van der Waals surface area contributed by atoms with Crippen molar-refractivity contribution in [2.45, 2.75) is 89.8 Å². The summed E-state index contributed by atoms with van der Waals surface area (Å²) < 4.78 is 22.2. The van der Waals surface area contributed by atoms with Crippen LogP contribution in [0.2, 0.25) is 0 Å². The van der Waals surface area contributed by atoms with Crippen LogP contribution in [0.25, 0.3) is 10.9 Å². The lowest BCUT2D eigenvalue weighted by Gasteiger charge is -2.36. The van der Waals surface area contributed by atoms with Gasteiger partial charge in [0.15, 0.2) is 6.61 Å². The van der Waals surface area contributed by atoms with E-state index in [1.165, 1.54) is 11.0 Å². The van der Waals surface area contributed by atoms with Gasteiger partial charge in [-0.3, -0.25) is 24.0 Å². The van der Waals surface area contributed by atoms with E-state index in [0.29, 0.717) is 43.5 Å². The molecule has 3 aliphatic heterocycles. The molecule has 2 N–H and O–H groups in total. The molecule has 56 heavy (non-hydrogen) atoms. The molecule has 4 fully saturated rings. The van der Waals surface area contributed by atoms with Crippen molar-refractivity contribution in [3.8, 4) is 5.75 Å². The number of hydrogen-bond donors (Lipinski definition) is 2. The quantitative estimate of drug-likeness (QED) is 0.269. The number of likely N-dealkylation sites (tertiary alicyclic amines) is 1. The Morgan fingerprint density at radius 2 is 1.71 bits per heavy atom. The van der Waals surface area contributed by atoms with Crippen LogP contribution >= 0.6 is 0 Å². The molecule has 0 radical (unpaired) electrons. The van der Waals surface area contributed by atoms with E-state index in [1.54, 1.807) is 28.9 Å². The Bertz CT molecular complexity index is 1750. The highest BCUT2D eigenvalue weighted by atomic mass is 16.6. The van der Waals surface area contributed by atoms with Gasteiger partial charge < -0.3 is 44.3 Å². The zero-order valence-corrected chi connectivity index (χ0v) is 32.4. The minimum Gasteiger partial charge on any atom is -0.483 e. The molecule has 16 heteroatoms. The van der Waals surface area contributed by atoms with Gasteiger partial charge in [-0.2, -0.15) is 0 Å². The molecular weight excluding hydrogens is 724 g/mol. The van der Waals surface area contributed by atoms with E-state index in [2.05, 4.69) is 15.6 Å². The van der Waals surface area contributed by atoms with Gasteiger partial charge in [-0.1, -0.05) is 6.07 Å². The number of aryl methyl sites for hydroxylation is 1. The third kappa shape index (κ3) is 10.4. The van der Waals surface area contributed by atoms with Gasteiger partial charge in [-0.15, -0.1) is 0 Å². The number of carbonyl (C=O) groups excluding carboxylic acids is 6. The normalized spacial score (nSPS) is 20.5. The second kappa shape index (κ2) is 19.2. The fourth-order valence-electron chi connectivity index (χ4n) is 7.47. The molecule has 1 aromatic carbocycles. The third-order valence-corrected chi connectivity index (χ3v) is 10.9. The maximum absolute atomic E-state index is 14.0. The summed E-state index contributed by atoms with van der Waals surface area (Å²) in [7, 11) is 0. The molecule has 5 amide bonds. The monoisotopic (exact) mass is 778 g/mol. The Kier molecular flexibility index (Phi) is 14.0. The summed E-state index contributed by atoms with van der Waals surface area (Å²) in [5.41, 5.74) is 1.29. The minimum absolute atomic E-state index is 0.0292. The van der Waals surface area contributed by atoms with Crippen molar-refractivity contribution in [3.63, 3.8) is 0 Å². The zero-order valence-electron chi connectivity index (χ0n) is 32.4. The first kappa shape index (κ1) is 40.7. The lowest BCUT2D eigenvalue weighted by atomic mass is 9.93. The van der Waals surface area contributed by atoms with E-state index < -0.39 is 36.0 Å². The second-order valence-electron chi connectivity index (χ2n) is 15.0. The predicted octanol–water partition coefficient (Wildman–Crippen LogP) is 2.73. The number of rotatable bonds is 14. The summed E-state index contributed by atoms with van der Waals surface area (Å²) in [5.74, 6) is -1.68. The van der Waals surface area contributed by atoms with E-state index in [1.807, 2.05) is 13.0 Å². The Morgan fingerprint density at radius 3 is 2.43 bits per heavy atom. The molecule has 4 heterocycles. The summed E-state index contributed by atoms with van der Waals surface area (Å²) in [6.45, 7) is 6.33. The lowest BCUT2D eigenvalue weighted by molar-refractivity contribution is -0.147. The topological polar surface area (TPSA) is 186 Å². The van der Waals surface area contributed by atoms with E-state index in [9.17, 15) is 28.8 Å². The first-order valence-corrected chi connectivity index (χ1v) is 20.0. The molecule has 1 aromatic heterocycles. The van der Waals surface area contributed by atoms with E-state index in [4.69, 9.17) is 18.9 Å². The van der Waals surface area contributed by atoms with Crippen LogP contribution in [0.4, 0.5) is 4.79 Å². The van der Waals surface area contributed by atoms with Crippen LogP contribution in [0.5, 0.6) is 5.75 Å². The number of piperazine rings is 1. The number of amides is 5. The molecule has 3 saturated heterocycles. The molecule has 0 bridgehead atoms. The Balaban J connectivity index is 1.15. The van der Waals surface area contributed by atoms with Gasteiger partial charge in [-0.25, -0.2) is 9.78 Å². The highest BCUT2D eigenvalue weighted by molar-refractivity contribution is 5.99.